The Bertz CT molecular complexity index is 320. The second-order valence-electron chi connectivity index (χ2n) is 2.94. The van der Waals surface area contributed by atoms with Crippen molar-refractivity contribution in [3.05, 3.63) is 16.8 Å². The fourth-order valence-corrected chi connectivity index (χ4v) is 1.00. The van der Waals surface area contributed by atoms with Gasteiger partial charge in [0.2, 0.25) is 0 Å². The van der Waals surface area contributed by atoms with Crippen molar-refractivity contribution in [2.45, 2.75) is 20.8 Å². The van der Waals surface area contributed by atoms with Crippen LogP contribution in [0.1, 0.15) is 20.8 Å². The van der Waals surface area contributed by atoms with Gasteiger partial charge in [-0.3, -0.25) is 5.10 Å². The molecule has 0 unspecified atom stereocenters. The van der Waals surface area contributed by atoms with Crippen LogP contribution in [0.3, 0.4) is 0 Å². The lowest BCUT2D eigenvalue weighted by Crippen LogP contribution is -2.22. The van der Waals surface area contributed by atoms with Crippen LogP contribution < -0.4 is 10.6 Å². The summed E-state index contributed by atoms with van der Waals surface area (Å²) in [5, 5.41) is 9.22. The number of aromatic amines is 1. The summed E-state index contributed by atoms with van der Waals surface area (Å²) in [4.78, 5) is 0. The molecule has 0 fully saturated rings. The zero-order valence-electron chi connectivity index (χ0n) is 7.26. The highest BCUT2D eigenvalue weighted by Crippen LogP contribution is 1.89. The van der Waals surface area contributed by atoms with Crippen LogP contribution in [0.2, 0.25) is 0 Å². The van der Waals surface area contributed by atoms with E-state index in [1.165, 1.54) is 5.22 Å². The SMILES string of the molecule is C/C=c1/cn[nH]/c1=C/C(C)C. The summed E-state index contributed by atoms with van der Waals surface area (Å²) in [6, 6.07) is 0. The van der Waals surface area contributed by atoms with Gasteiger partial charge in [-0.2, -0.15) is 5.10 Å². The van der Waals surface area contributed by atoms with Crippen molar-refractivity contribution in [3.8, 4) is 0 Å². The Morgan fingerprint density at radius 2 is 2.27 bits per heavy atom. The Labute approximate surface area is 66.6 Å². The van der Waals surface area contributed by atoms with Crippen LogP contribution in [0.5, 0.6) is 0 Å². The number of nitrogens with one attached hydrogen (secondary N) is 1. The molecule has 0 amide bonds. The van der Waals surface area contributed by atoms with Crippen LogP contribution in [0.15, 0.2) is 6.20 Å². The maximum atomic E-state index is 3.96. The topological polar surface area (TPSA) is 28.7 Å². The van der Waals surface area contributed by atoms with Gasteiger partial charge in [-0.25, -0.2) is 0 Å². The minimum Gasteiger partial charge on any atom is -0.278 e. The molecule has 0 bridgehead atoms. The largest absolute Gasteiger partial charge is 0.278 e. The fourth-order valence-electron chi connectivity index (χ4n) is 1.00. The Balaban J connectivity index is 3.23. The van der Waals surface area contributed by atoms with Gasteiger partial charge in [0.15, 0.2) is 0 Å². The quantitative estimate of drug-likeness (QED) is 0.625. The Morgan fingerprint density at radius 3 is 2.82 bits per heavy atom. The van der Waals surface area contributed by atoms with Crippen LogP contribution in [0.25, 0.3) is 12.2 Å². The smallest absolute Gasteiger partial charge is 0.0609 e. The predicted molar refractivity (Wildman–Crippen MR) is 47.3 cm³/mol. The van der Waals surface area contributed by atoms with Crippen LogP contribution in [-0.2, 0) is 0 Å². The van der Waals surface area contributed by atoms with E-state index in [-0.39, 0.29) is 0 Å². The van der Waals surface area contributed by atoms with E-state index in [9.17, 15) is 0 Å². The molecule has 11 heavy (non-hydrogen) atoms. The maximum Gasteiger partial charge on any atom is 0.0609 e. The zero-order chi connectivity index (χ0) is 8.27. The van der Waals surface area contributed by atoms with Gasteiger partial charge >= 0.3 is 0 Å². The Kier molecular flexibility index (Phi) is 2.47. The Morgan fingerprint density at radius 1 is 1.55 bits per heavy atom. The van der Waals surface area contributed by atoms with Crippen molar-refractivity contribution in [3.63, 3.8) is 0 Å². The maximum absolute atomic E-state index is 3.96. The first-order valence-electron chi connectivity index (χ1n) is 3.91. The molecule has 0 atom stereocenters. The molecule has 0 saturated carbocycles. The van der Waals surface area contributed by atoms with Crippen LogP contribution >= 0.6 is 0 Å². The first kappa shape index (κ1) is 8.05. The second kappa shape index (κ2) is 3.37. The normalized spacial score (nSPS) is 14.9. The van der Waals surface area contributed by atoms with Crippen LogP contribution in [0, 0.1) is 5.92 Å². The molecular weight excluding hydrogens is 136 g/mol. The van der Waals surface area contributed by atoms with E-state index in [0.717, 1.165) is 5.35 Å². The van der Waals surface area contributed by atoms with Crippen molar-refractivity contribution in [1.29, 1.82) is 0 Å². The number of hydrogen-bond donors (Lipinski definition) is 1. The molecule has 0 aliphatic rings. The molecule has 1 N–H and O–H groups in total. The lowest BCUT2D eigenvalue weighted by molar-refractivity contribution is 0.873. The molecule has 1 aromatic heterocycles. The minimum atomic E-state index is 0.564. The van der Waals surface area contributed by atoms with Crippen molar-refractivity contribution in [1.82, 2.24) is 10.2 Å². The summed E-state index contributed by atoms with van der Waals surface area (Å²) in [5.41, 5.74) is 0. The zero-order valence-corrected chi connectivity index (χ0v) is 7.26. The van der Waals surface area contributed by atoms with Gasteiger partial charge in [0, 0.05) is 5.22 Å². The van der Waals surface area contributed by atoms with Gasteiger partial charge in [-0.1, -0.05) is 26.0 Å². The first-order valence-corrected chi connectivity index (χ1v) is 3.91. The molecule has 1 rings (SSSR count). The lowest BCUT2D eigenvalue weighted by atomic mass is 10.2. The first-order chi connectivity index (χ1) is 5.24. The van der Waals surface area contributed by atoms with Gasteiger partial charge < -0.3 is 0 Å². The van der Waals surface area contributed by atoms with E-state index in [0.29, 0.717) is 5.92 Å². The highest BCUT2D eigenvalue weighted by molar-refractivity contribution is 5.26. The fraction of sp³-hybridized carbons (Fsp3) is 0.444. The Hall–Kier alpha value is -1.05. The molecule has 0 aliphatic heterocycles. The summed E-state index contributed by atoms with van der Waals surface area (Å²) in [5.74, 6) is 0.564. The van der Waals surface area contributed by atoms with Gasteiger partial charge in [-0.15, -0.1) is 0 Å². The number of H-pyrrole nitrogens is 1. The number of hydrogen-bond acceptors (Lipinski definition) is 1. The standard InChI is InChI=1S/C9H14N2/c1-4-8-6-10-11-9(8)5-7(2)3/h4-7,11H,1-3H3/b8-4-,9-5+. The molecule has 0 spiro atoms. The van der Waals surface area contributed by atoms with Gasteiger partial charge in [0.1, 0.15) is 0 Å². The molecule has 2 heteroatoms. The van der Waals surface area contributed by atoms with Gasteiger partial charge in [0.25, 0.3) is 0 Å². The minimum absolute atomic E-state index is 0.564. The van der Waals surface area contributed by atoms with Crippen molar-refractivity contribution in [2.75, 3.05) is 0 Å². The second-order valence-corrected chi connectivity index (χ2v) is 2.94. The van der Waals surface area contributed by atoms with E-state index in [1.807, 2.05) is 13.1 Å². The predicted octanol–water partition coefficient (Wildman–Crippen LogP) is 0.647. The summed E-state index contributed by atoms with van der Waals surface area (Å²) < 4.78 is 0. The van der Waals surface area contributed by atoms with Crippen LogP contribution in [-0.4, -0.2) is 10.2 Å². The molecule has 0 saturated heterocycles. The molecule has 1 heterocycles. The third kappa shape index (κ3) is 1.93. The summed E-state index contributed by atoms with van der Waals surface area (Å²) in [6.45, 7) is 6.32. The molecule has 0 radical (unpaired) electrons. The van der Waals surface area contributed by atoms with E-state index in [4.69, 9.17) is 0 Å². The lowest BCUT2D eigenvalue weighted by Gasteiger charge is -1.89. The van der Waals surface area contributed by atoms with E-state index >= 15 is 0 Å². The summed E-state index contributed by atoms with van der Waals surface area (Å²) in [6.07, 6.45) is 6.06. The molecular formula is C9H14N2. The number of rotatable bonds is 1. The third-order valence-electron chi connectivity index (χ3n) is 1.51. The van der Waals surface area contributed by atoms with E-state index in [2.05, 4.69) is 36.2 Å². The summed E-state index contributed by atoms with van der Waals surface area (Å²) >= 11 is 0. The van der Waals surface area contributed by atoms with Gasteiger partial charge in [-0.05, 0) is 12.8 Å². The molecule has 2 nitrogen and oxygen atoms in total. The molecule has 0 aromatic carbocycles. The monoisotopic (exact) mass is 150 g/mol. The van der Waals surface area contributed by atoms with Crippen molar-refractivity contribution < 1.29 is 0 Å². The van der Waals surface area contributed by atoms with Crippen LogP contribution in [0.4, 0.5) is 0 Å². The molecule has 60 valence electrons. The molecule has 1 aromatic rings. The van der Waals surface area contributed by atoms with Gasteiger partial charge in [0.05, 0.1) is 11.5 Å². The average molecular weight is 150 g/mol. The van der Waals surface area contributed by atoms with Crippen molar-refractivity contribution >= 4 is 12.2 Å². The van der Waals surface area contributed by atoms with E-state index in [1.54, 1.807) is 0 Å². The van der Waals surface area contributed by atoms with Crippen molar-refractivity contribution in [2.24, 2.45) is 5.92 Å². The third-order valence-corrected chi connectivity index (χ3v) is 1.51. The summed E-state index contributed by atoms with van der Waals surface area (Å²) in [7, 11) is 0. The number of nitrogens with zero attached hydrogens (tertiary/aromatic N) is 1. The highest BCUT2D eigenvalue weighted by Gasteiger charge is 1.88. The van der Waals surface area contributed by atoms with E-state index < -0.39 is 0 Å². The molecule has 0 aliphatic carbocycles. The highest BCUT2D eigenvalue weighted by atomic mass is 15.1. The average Bonchev–Trinajstić information content (AvgIpc) is 2.34. The number of aromatic nitrogens is 2.